The van der Waals surface area contributed by atoms with Gasteiger partial charge in [0.1, 0.15) is 0 Å². The van der Waals surface area contributed by atoms with E-state index < -0.39 is 0 Å². The number of fused-ring (bicyclic) bond motifs is 1. The van der Waals surface area contributed by atoms with E-state index in [1.807, 2.05) is 17.9 Å². The van der Waals surface area contributed by atoms with Crippen molar-refractivity contribution in [1.82, 2.24) is 14.5 Å². The van der Waals surface area contributed by atoms with Crippen molar-refractivity contribution in [1.29, 1.82) is 0 Å². The number of rotatable bonds is 5. The fourth-order valence-electron chi connectivity index (χ4n) is 2.37. The minimum absolute atomic E-state index is 0.246. The van der Waals surface area contributed by atoms with Crippen molar-refractivity contribution in [3.8, 4) is 0 Å². The molecule has 4 heteroatoms. The molecule has 1 aromatic carbocycles. The summed E-state index contributed by atoms with van der Waals surface area (Å²) in [6.07, 6.45) is 3.62. The first kappa shape index (κ1) is 13.1. The van der Waals surface area contributed by atoms with Gasteiger partial charge in [-0.1, -0.05) is 6.07 Å². The Bertz CT molecular complexity index is 519. The molecule has 18 heavy (non-hydrogen) atoms. The summed E-state index contributed by atoms with van der Waals surface area (Å²) in [5, 5.41) is 8.98. The summed E-state index contributed by atoms with van der Waals surface area (Å²) in [6.45, 7) is 0.246. The van der Waals surface area contributed by atoms with Gasteiger partial charge in [0.25, 0.3) is 0 Å². The normalized spacial score (nSPS) is 13.4. The third-order valence-electron chi connectivity index (χ3n) is 3.39. The highest BCUT2D eigenvalue weighted by Gasteiger charge is 2.14. The number of aryl methyl sites for hydroxylation is 1. The van der Waals surface area contributed by atoms with Crippen LogP contribution in [-0.4, -0.2) is 40.3 Å². The van der Waals surface area contributed by atoms with Gasteiger partial charge < -0.3 is 14.6 Å². The van der Waals surface area contributed by atoms with Crippen molar-refractivity contribution >= 4 is 11.0 Å². The van der Waals surface area contributed by atoms with Gasteiger partial charge in [-0.05, 0) is 44.6 Å². The van der Waals surface area contributed by atoms with Crippen molar-refractivity contribution in [2.24, 2.45) is 7.05 Å². The Morgan fingerprint density at radius 1 is 1.39 bits per heavy atom. The van der Waals surface area contributed by atoms with Crippen LogP contribution in [0.15, 0.2) is 24.5 Å². The highest BCUT2D eigenvalue weighted by molar-refractivity contribution is 5.76. The van der Waals surface area contributed by atoms with Crippen LogP contribution in [0, 0.1) is 0 Å². The average Bonchev–Trinajstić information content (AvgIpc) is 2.71. The summed E-state index contributed by atoms with van der Waals surface area (Å²) in [6, 6.07) is 6.76. The lowest BCUT2D eigenvalue weighted by molar-refractivity contribution is 0.235. The molecule has 0 spiro atoms. The average molecular weight is 247 g/mol. The molecule has 0 saturated carbocycles. The fraction of sp³-hybridized carbons (Fsp3) is 0.500. The summed E-state index contributed by atoms with van der Waals surface area (Å²) in [4.78, 5) is 6.59. The van der Waals surface area contributed by atoms with E-state index >= 15 is 0 Å². The van der Waals surface area contributed by atoms with Crippen LogP contribution in [0.4, 0.5) is 0 Å². The highest BCUT2D eigenvalue weighted by atomic mass is 16.2. The molecule has 2 rings (SSSR count). The second kappa shape index (κ2) is 5.50. The van der Waals surface area contributed by atoms with E-state index in [2.05, 4.69) is 42.2 Å². The molecule has 1 N–H and O–H groups in total. The lowest BCUT2D eigenvalue weighted by Crippen LogP contribution is -2.20. The molecule has 2 aromatic rings. The molecule has 0 aliphatic rings. The van der Waals surface area contributed by atoms with Gasteiger partial charge >= 0.3 is 0 Å². The van der Waals surface area contributed by atoms with Gasteiger partial charge in [-0.15, -0.1) is 0 Å². The zero-order valence-corrected chi connectivity index (χ0v) is 11.3. The molecule has 98 valence electrons. The number of hydrogen-bond donors (Lipinski definition) is 1. The smallest absolute Gasteiger partial charge is 0.0955 e. The first-order valence-electron chi connectivity index (χ1n) is 6.31. The lowest BCUT2D eigenvalue weighted by atomic mass is 10.0. The number of aliphatic hydroxyl groups is 1. The quantitative estimate of drug-likeness (QED) is 0.878. The van der Waals surface area contributed by atoms with Crippen molar-refractivity contribution in [2.45, 2.75) is 18.9 Å². The number of imidazole rings is 1. The Balaban J connectivity index is 2.32. The van der Waals surface area contributed by atoms with Gasteiger partial charge in [0, 0.05) is 19.7 Å². The molecule has 1 atom stereocenters. The molecular formula is C14H21N3O. The summed E-state index contributed by atoms with van der Waals surface area (Å²) in [5.41, 5.74) is 3.45. The van der Waals surface area contributed by atoms with Crippen molar-refractivity contribution in [2.75, 3.05) is 20.7 Å². The monoisotopic (exact) mass is 247 g/mol. The topological polar surface area (TPSA) is 41.3 Å². The zero-order chi connectivity index (χ0) is 13.1. The maximum atomic E-state index is 8.98. The van der Waals surface area contributed by atoms with Gasteiger partial charge in [-0.3, -0.25) is 0 Å². The van der Waals surface area contributed by atoms with E-state index in [1.165, 1.54) is 5.56 Å². The number of aliphatic hydroxyl groups excluding tert-OH is 1. The number of benzene rings is 1. The Kier molecular flexibility index (Phi) is 3.99. The standard InChI is InChI=1S/C14H21N3O/c1-16(2)13(5-4-8-18)11-6-7-14-12(9-11)15-10-17(14)3/h6-7,9-10,13,18H,4-5,8H2,1-3H3. The Morgan fingerprint density at radius 2 is 2.17 bits per heavy atom. The maximum Gasteiger partial charge on any atom is 0.0955 e. The maximum absolute atomic E-state index is 8.98. The van der Waals surface area contributed by atoms with Gasteiger partial charge in [-0.2, -0.15) is 0 Å². The van der Waals surface area contributed by atoms with Crippen LogP contribution in [-0.2, 0) is 7.05 Å². The predicted octanol–water partition coefficient (Wildman–Crippen LogP) is 1.95. The Labute approximate surface area is 108 Å². The van der Waals surface area contributed by atoms with Gasteiger partial charge in [0.15, 0.2) is 0 Å². The number of nitrogens with zero attached hydrogens (tertiary/aromatic N) is 3. The Hall–Kier alpha value is -1.39. The molecule has 0 saturated heterocycles. The van der Waals surface area contributed by atoms with Crippen molar-refractivity contribution < 1.29 is 5.11 Å². The fourth-order valence-corrected chi connectivity index (χ4v) is 2.37. The first-order chi connectivity index (χ1) is 8.63. The first-order valence-corrected chi connectivity index (χ1v) is 6.31. The number of hydrogen-bond acceptors (Lipinski definition) is 3. The molecule has 1 unspecified atom stereocenters. The second-order valence-corrected chi connectivity index (χ2v) is 4.95. The van der Waals surface area contributed by atoms with Crippen molar-refractivity contribution in [3.63, 3.8) is 0 Å². The third kappa shape index (κ3) is 2.54. The van der Waals surface area contributed by atoms with Crippen LogP contribution in [0.2, 0.25) is 0 Å². The number of aromatic nitrogens is 2. The highest BCUT2D eigenvalue weighted by Crippen LogP contribution is 2.26. The molecule has 1 aromatic heterocycles. The van der Waals surface area contributed by atoms with E-state index in [1.54, 1.807) is 0 Å². The van der Waals surface area contributed by atoms with Crippen LogP contribution in [0.3, 0.4) is 0 Å². The molecule has 4 nitrogen and oxygen atoms in total. The summed E-state index contributed by atoms with van der Waals surface area (Å²) in [7, 11) is 6.15. The lowest BCUT2D eigenvalue weighted by Gasteiger charge is -2.24. The molecule has 0 fully saturated rings. The zero-order valence-electron chi connectivity index (χ0n) is 11.3. The van der Waals surface area contributed by atoms with Crippen LogP contribution in [0.25, 0.3) is 11.0 Å². The molecule has 0 radical (unpaired) electrons. The van der Waals surface area contributed by atoms with Crippen LogP contribution in [0.5, 0.6) is 0 Å². The molecule has 0 amide bonds. The van der Waals surface area contributed by atoms with Crippen LogP contribution in [0.1, 0.15) is 24.4 Å². The summed E-state index contributed by atoms with van der Waals surface area (Å²) >= 11 is 0. The summed E-state index contributed by atoms with van der Waals surface area (Å²) < 4.78 is 2.03. The Morgan fingerprint density at radius 3 is 2.83 bits per heavy atom. The predicted molar refractivity (Wildman–Crippen MR) is 73.5 cm³/mol. The van der Waals surface area contributed by atoms with Gasteiger partial charge in [-0.25, -0.2) is 4.98 Å². The molecule has 1 heterocycles. The SMILES string of the molecule is CN(C)C(CCCO)c1ccc2c(c1)ncn2C. The second-order valence-electron chi connectivity index (χ2n) is 4.95. The van der Waals surface area contributed by atoms with E-state index in [4.69, 9.17) is 5.11 Å². The third-order valence-corrected chi connectivity index (χ3v) is 3.39. The van der Waals surface area contributed by atoms with Crippen LogP contribution >= 0.6 is 0 Å². The van der Waals surface area contributed by atoms with Gasteiger partial charge in [0.05, 0.1) is 17.4 Å². The molecule has 0 aliphatic carbocycles. The van der Waals surface area contributed by atoms with E-state index in [0.717, 1.165) is 23.9 Å². The molecule has 0 aliphatic heterocycles. The molecular weight excluding hydrogens is 226 g/mol. The minimum Gasteiger partial charge on any atom is -0.396 e. The van der Waals surface area contributed by atoms with Gasteiger partial charge in [0.2, 0.25) is 0 Å². The van der Waals surface area contributed by atoms with Crippen molar-refractivity contribution in [3.05, 3.63) is 30.1 Å². The summed E-state index contributed by atoms with van der Waals surface area (Å²) in [5.74, 6) is 0. The minimum atomic E-state index is 0.246. The van der Waals surface area contributed by atoms with Crippen LogP contribution < -0.4 is 0 Å². The molecule has 0 bridgehead atoms. The van der Waals surface area contributed by atoms with E-state index in [9.17, 15) is 0 Å². The van der Waals surface area contributed by atoms with E-state index in [0.29, 0.717) is 6.04 Å². The largest absolute Gasteiger partial charge is 0.396 e. The van der Waals surface area contributed by atoms with E-state index in [-0.39, 0.29) is 6.61 Å².